The van der Waals surface area contributed by atoms with E-state index in [-0.39, 0.29) is 5.78 Å². The van der Waals surface area contributed by atoms with Crippen molar-refractivity contribution in [3.05, 3.63) is 0 Å². The van der Waals surface area contributed by atoms with Gasteiger partial charge in [-0.25, -0.2) is 0 Å². The number of ether oxygens (including phenoxy) is 2. The fourth-order valence-electron chi connectivity index (χ4n) is 0.827. The van der Waals surface area contributed by atoms with Gasteiger partial charge in [0, 0.05) is 18.6 Å². The van der Waals surface area contributed by atoms with Crippen LogP contribution in [-0.2, 0) is 14.3 Å². The van der Waals surface area contributed by atoms with E-state index >= 15 is 0 Å². The van der Waals surface area contributed by atoms with E-state index in [1.165, 1.54) is 0 Å². The van der Waals surface area contributed by atoms with E-state index in [9.17, 15) is 4.79 Å². The second-order valence-electron chi connectivity index (χ2n) is 2.86. The highest BCUT2D eigenvalue weighted by Gasteiger charge is 1.97. The molecule has 3 nitrogen and oxygen atoms in total. The Kier molecular flexibility index (Phi) is 11.0. The summed E-state index contributed by atoms with van der Waals surface area (Å²) < 4.78 is 10.5. The van der Waals surface area contributed by atoms with Gasteiger partial charge >= 0.3 is 0 Å². The zero-order chi connectivity index (χ0) is 10.6. The monoisotopic (exact) mass is 220 g/mol. The molecule has 4 heteroatoms. The van der Waals surface area contributed by atoms with Crippen LogP contribution in [0.4, 0.5) is 0 Å². The van der Waals surface area contributed by atoms with Gasteiger partial charge in [-0.2, -0.15) is 11.8 Å². The summed E-state index contributed by atoms with van der Waals surface area (Å²) in [5.74, 6) is 1.28. The average molecular weight is 220 g/mol. The molecular weight excluding hydrogens is 200 g/mol. The van der Waals surface area contributed by atoms with Crippen LogP contribution in [0.5, 0.6) is 0 Å². The van der Waals surface area contributed by atoms with E-state index < -0.39 is 0 Å². The van der Waals surface area contributed by atoms with Gasteiger partial charge in [0.1, 0.15) is 5.78 Å². The Morgan fingerprint density at radius 3 is 2.36 bits per heavy atom. The van der Waals surface area contributed by atoms with E-state index in [4.69, 9.17) is 9.47 Å². The van der Waals surface area contributed by atoms with Crippen molar-refractivity contribution in [1.82, 2.24) is 0 Å². The van der Waals surface area contributed by atoms with Crippen LogP contribution < -0.4 is 0 Å². The summed E-state index contributed by atoms with van der Waals surface area (Å²) in [6.45, 7) is 4.39. The van der Waals surface area contributed by atoms with Gasteiger partial charge in [-0.1, -0.05) is 6.92 Å². The van der Waals surface area contributed by atoms with Crippen molar-refractivity contribution in [1.29, 1.82) is 0 Å². The summed E-state index contributed by atoms with van der Waals surface area (Å²) in [6.07, 6.45) is 3.19. The lowest BCUT2D eigenvalue weighted by molar-refractivity contribution is -0.119. The SMILES string of the molecule is CCC(=O)CCOCCOCCSC. The van der Waals surface area contributed by atoms with Crippen LogP contribution >= 0.6 is 11.8 Å². The van der Waals surface area contributed by atoms with Crippen molar-refractivity contribution in [2.45, 2.75) is 19.8 Å². The molecule has 0 N–H and O–H groups in total. The minimum Gasteiger partial charge on any atom is -0.379 e. The molecule has 0 unspecified atom stereocenters. The molecule has 0 aliphatic carbocycles. The Morgan fingerprint density at radius 1 is 1.14 bits per heavy atom. The van der Waals surface area contributed by atoms with Crippen LogP contribution in [0.2, 0.25) is 0 Å². The van der Waals surface area contributed by atoms with E-state index in [0.29, 0.717) is 32.7 Å². The van der Waals surface area contributed by atoms with Crippen LogP contribution in [0.25, 0.3) is 0 Å². The first kappa shape index (κ1) is 13.9. The van der Waals surface area contributed by atoms with Crippen LogP contribution in [0.3, 0.4) is 0 Å². The Hall–Kier alpha value is -0.0600. The molecule has 0 saturated carbocycles. The molecular formula is C10H20O3S. The van der Waals surface area contributed by atoms with Crippen LogP contribution in [0, 0.1) is 0 Å². The number of carbonyl (C=O) groups is 1. The third-order valence-electron chi connectivity index (χ3n) is 1.72. The first-order valence-corrected chi connectivity index (χ1v) is 6.36. The topological polar surface area (TPSA) is 35.5 Å². The largest absolute Gasteiger partial charge is 0.379 e. The maximum atomic E-state index is 10.9. The molecule has 84 valence electrons. The predicted octanol–water partition coefficient (Wildman–Crippen LogP) is 1.75. The predicted molar refractivity (Wildman–Crippen MR) is 59.9 cm³/mol. The fraction of sp³-hybridized carbons (Fsp3) is 0.900. The molecule has 0 rings (SSSR count). The standard InChI is InChI=1S/C10H20O3S/c1-3-10(11)4-5-12-6-7-13-8-9-14-2/h3-9H2,1-2H3. The van der Waals surface area contributed by atoms with E-state index in [1.807, 2.05) is 6.92 Å². The molecule has 0 aromatic carbocycles. The molecule has 0 bridgehead atoms. The number of hydrogen-bond acceptors (Lipinski definition) is 4. The molecule has 0 radical (unpaired) electrons. The molecule has 0 aliphatic heterocycles. The lowest BCUT2D eigenvalue weighted by atomic mass is 10.2. The molecule has 0 saturated heterocycles. The Bertz CT molecular complexity index is 139. The number of rotatable bonds is 10. The number of Topliss-reactive ketones (excluding diaryl/α,β-unsaturated/α-hetero) is 1. The van der Waals surface area contributed by atoms with Gasteiger partial charge in [0.25, 0.3) is 0 Å². The zero-order valence-corrected chi connectivity index (χ0v) is 9.90. The van der Waals surface area contributed by atoms with Gasteiger partial charge in [0.2, 0.25) is 0 Å². The first-order chi connectivity index (χ1) is 6.81. The smallest absolute Gasteiger partial charge is 0.134 e. The fourth-order valence-corrected chi connectivity index (χ4v) is 1.11. The number of hydrogen-bond donors (Lipinski definition) is 0. The second kappa shape index (κ2) is 11.0. The third kappa shape index (κ3) is 10.0. The maximum Gasteiger partial charge on any atom is 0.134 e. The van der Waals surface area contributed by atoms with Gasteiger partial charge in [-0.05, 0) is 6.26 Å². The molecule has 0 spiro atoms. The minimum absolute atomic E-state index is 0.258. The van der Waals surface area contributed by atoms with Crippen molar-refractivity contribution >= 4 is 17.5 Å². The summed E-state index contributed by atoms with van der Waals surface area (Å²) in [4.78, 5) is 10.9. The van der Waals surface area contributed by atoms with E-state index in [1.54, 1.807) is 11.8 Å². The van der Waals surface area contributed by atoms with E-state index in [2.05, 4.69) is 6.26 Å². The average Bonchev–Trinajstić information content (AvgIpc) is 2.21. The third-order valence-corrected chi connectivity index (χ3v) is 2.30. The quantitative estimate of drug-likeness (QED) is 0.525. The van der Waals surface area contributed by atoms with E-state index in [0.717, 1.165) is 12.4 Å². The Morgan fingerprint density at radius 2 is 1.79 bits per heavy atom. The van der Waals surface area contributed by atoms with Gasteiger partial charge in [-0.3, -0.25) is 4.79 Å². The van der Waals surface area contributed by atoms with Gasteiger partial charge < -0.3 is 9.47 Å². The summed E-state index contributed by atoms with van der Waals surface area (Å²) in [5, 5.41) is 0. The number of carbonyl (C=O) groups excluding carboxylic acids is 1. The molecule has 0 aromatic rings. The highest BCUT2D eigenvalue weighted by molar-refractivity contribution is 7.98. The van der Waals surface area contributed by atoms with Crippen molar-refractivity contribution < 1.29 is 14.3 Å². The molecule has 0 atom stereocenters. The minimum atomic E-state index is 0.258. The summed E-state index contributed by atoms with van der Waals surface area (Å²) in [7, 11) is 0. The molecule has 14 heavy (non-hydrogen) atoms. The Balaban J connectivity index is 2.95. The highest BCUT2D eigenvalue weighted by atomic mass is 32.2. The normalized spacial score (nSPS) is 10.4. The summed E-state index contributed by atoms with van der Waals surface area (Å²) >= 11 is 1.77. The van der Waals surface area contributed by atoms with Gasteiger partial charge in [-0.15, -0.1) is 0 Å². The molecule has 0 aromatic heterocycles. The molecule has 0 heterocycles. The maximum absolute atomic E-state index is 10.9. The second-order valence-corrected chi connectivity index (χ2v) is 3.85. The van der Waals surface area contributed by atoms with Gasteiger partial charge in [0.15, 0.2) is 0 Å². The lowest BCUT2D eigenvalue weighted by Crippen LogP contribution is -2.09. The van der Waals surface area contributed by atoms with Gasteiger partial charge in [0.05, 0.1) is 26.4 Å². The van der Waals surface area contributed by atoms with Crippen molar-refractivity contribution in [3.8, 4) is 0 Å². The summed E-state index contributed by atoms with van der Waals surface area (Å²) in [5.41, 5.74) is 0. The molecule has 0 fully saturated rings. The molecule has 0 aliphatic rings. The summed E-state index contributed by atoms with van der Waals surface area (Å²) in [6, 6.07) is 0. The van der Waals surface area contributed by atoms with Crippen molar-refractivity contribution in [2.75, 3.05) is 38.4 Å². The number of ketones is 1. The van der Waals surface area contributed by atoms with Crippen LogP contribution in [-0.4, -0.2) is 44.2 Å². The highest BCUT2D eigenvalue weighted by Crippen LogP contribution is 1.92. The van der Waals surface area contributed by atoms with Crippen molar-refractivity contribution in [3.63, 3.8) is 0 Å². The van der Waals surface area contributed by atoms with Crippen LogP contribution in [0.15, 0.2) is 0 Å². The number of thioether (sulfide) groups is 1. The Labute approximate surface area is 90.5 Å². The molecule has 0 amide bonds. The lowest BCUT2D eigenvalue weighted by Gasteiger charge is -2.04. The van der Waals surface area contributed by atoms with Crippen LogP contribution in [0.1, 0.15) is 19.8 Å². The van der Waals surface area contributed by atoms with Crippen molar-refractivity contribution in [2.24, 2.45) is 0 Å². The first-order valence-electron chi connectivity index (χ1n) is 4.97. The zero-order valence-electron chi connectivity index (χ0n) is 9.08.